The maximum atomic E-state index is 10.4. The van der Waals surface area contributed by atoms with Crippen LogP contribution in [-0.4, -0.2) is 18.5 Å². The quantitative estimate of drug-likeness (QED) is 0.767. The van der Waals surface area contributed by atoms with Crippen molar-refractivity contribution in [2.24, 2.45) is 22.5 Å². The van der Waals surface area contributed by atoms with E-state index in [1.54, 1.807) is 18.2 Å². The van der Waals surface area contributed by atoms with Crippen molar-refractivity contribution in [3.05, 3.63) is 30.3 Å². The Morgan fingerprint density at radius 1 is 1.00 bits per heavy atom. The van der Waals surface area contributed by atoms with Crippen molar-refractivity contribution in [2.75, 3.05) is 0 Å². The van der Waals surface area contributed by atoms with Crippen LogP contribution in [0.3, 0.4) is 0 Å². The maximum Gasteiger partial charge on any atom is 0.294 e. The summed E-state index contributed by atoms with van der Waals surface area (Å²) in [5, 5.41) is 0. The summed E-state index contributed by atoms with van der Waals surface area (Å²) in [6.45, 7) is 4.94. The number of benzene rings is 1. The second kappa shape index (κ2) is 5.30. The first-order valence-electron chi connectivity index (χ1n) is 8.33. The Bertz CT molecular complexity index is 635. The first kappa shape index (κ1) is 16.9. The molecule has 4 aliphatic carbocycles. The Kier molecular flexibility index (Phi) is 3.90. The van der Waals surface area contributed by atoms with Crippen molar-refractivity contribution >= 4 is 10.1 Å². The van der Waals surface area contributed by atoms with Crippen LogP contribution in [0.15, 0.2) is 35.2 Å². The molecule has 1 aromatic rings. The van der Waals surface area contributed by atoms with Crippen LogP contribution >= 0.6 is 0 Å². The molecule has 4 fully saturated rings. The molecule has 4 bridgehead atoms. The van der Waals surface area contributed by atoms with Crippen LogP contribution in [0.25, 0.3) is 0 Å². The minimum absolute atomic E-state index is 0.0741. The highest BCUT2D eigenvalue weighted by Gasteiger charge is 2.58. The van der Waals surface area contributed by atoms with Crippen LogP contribution in [0.5, 0.6) is 0 Å². The maximum absolute atomic E-state index is 10.4. The molecule has 5 heteroatoms. The van der Waals surface area contributed by atoms with E-state index in [1.165, 1.54) is 50.7 Å². The molecular weight excluding hydrogens is 310 g/mol. The lowest BCUT2D eigenvalue weighted by Crippen LogP contribution is -2.62. The second-order valence-corrected chi connectivity index (χ2v) is 10.2. The smallest absolute Gasteiger partial charge is 0.294 e. The molecule has 0 radical (unpaired) electrons. The predicted octanol–water partition coefficient (Wildman–Crippen LogP) is 3.63. The summed E-state index contributed by atoms with van der Waals surface area (Å²) >= 11 is 0. The van der Waals surface area contributed by atoms with Crippen LogP contribution in [0.2, 0.25) is 0 Å². The van der Waals surface area contributed by atoms with Crippen molar-refractivity contribution in [1.29, 1.82) is 0 Å². The normalized spacial score (nSPS) is 41.3. The molecule has 4 saturated carbocycles. The average Bonchev–Trinajstić information content (AvgIpc) is 2.33. The van der Waals surface area contributed by atoms with Crippen LogP contribution in [0, 0.1) is 16.7 Å². The molecule has 128 valence electrons. The summed E-state index contributed by atoms with van der Waals surface area (Å²) in [5.41, 5.74) is 7.92. The molecule has 0 aromatic heterocycles. The molecule has 4 aliphatic rings. The molecule has 0 aliphatic heterocycles. The SMILES string of the molecule is CC12CC3CC(C)(C1)CC(N)(C3)C2.O=S(=O)(O)c1ccccc1. The average molecular weight is 337 g/mol. The van der Waals surface area contributed by atoms with E-state index in [4.69, 9.17) is 10.3 Å². The fourth-order valence-electron chi connectivity index (χ4n) is 6.13. The lowest BCUT2D eigenvalue weighted by molar-refractivity contribution is -0.104. The van der Waals surface area contributed by atoms with Crippen molar-refractivity contribution in [3.8, 4) is 0 Å². The number of hydrogen-bond donors (Lipinski definition) is 2. The Labute approximate surface area is 139 Å². The van der Waals surface area contributed by atoms with Gasteiger partial charge >= 0.3 is 0 Å². The third kappa shape index (κ3) is 3.62. The summed E-state index contributed by atoms with van der Waals surface area (Å²) in [6, 6.07) is 7.42. The number of hydrogen-bond acceptors (Lipinski definition) is 3. The van der Waals surface area contributed by atoms with E-state index in [2.05, 4.69) is 13.8 Å². The highest BCUT2D eigenvalue weighted by atomic mass is 32.2. The van der Waals surface area contributed by atoms with Gasteiger partial charge in [-0.25, -0.2) is 0 Å². The second-order valence-electron chi connectivity index (χ2n) is 8.78. The Morgan fingerprint density at radius 2 is 1.52 bits per heavy atom. The summed E-state index contributed by atoms with van der Waals surface area (Å²) in [4.78, 5) is -0.0741. The van der Waals surface area contributed by atoms with E-state index in [9.17, 15) is 8.42 Å². The van der Waals surface area contributed by atoms with Crippen molar-refractivity contribution in [3.63, 3.8) is 0 Å². The third-order valence-corrected chi connectivity index (χ3v) is 6.58. The van der Waals surface area contributed by atoms with Gasteiger partial charge in [-0.05, 0) is 67.4 Å². The molecule has 2 atom stereocenters. The highest BCUT2D eigenvalue weighted by Crippen LogP contribution is 2.65. The summed E-state index contributed by atoms with van der Waals surface area (Å²) in [7, 11) is -4.00. The first-order valence-corrected chi connectivity index (χ1v) is 9.77. The van der Waals surface area contributed by atoms with Crippen molar-refractivity contribution in [2.45, 2.75) is 62.8 Å². The molecule has 3 N–H and O–H groups in total. The zero-order chi connectivity index (χ0) is 16.9. The van der Waals surface area contributed by atoms with Gasteiger partial charge in [0, 0.05) is 5.54 Å². The fourth-order valence-corrected chi connectivity index (χ4v) is 6.63. The van der Waals surface area contributed by atoms with Crippen LogP contribution in [-0.2, 0) is 10.1 Å². The summed E-state index contributed by atoms with van der Waals surface area (Å²) in [6.07, 6.45) is 8.27. The van der Waals surface area contributed by atoms with Crippen LogP contribution in [0.4, 0.5) is 0 Å². The van der Waals surface area contributed by atoms with Gasteiger partial charge in [0.15, 0.2) is 0 Å². The molecule has 2 unspecified atom stereocenters. The highest BCUT2D eigenvalue weighted by molar-refractivity contribution is 7.85. The van der Waals surface area contributed by atoms with E-state index < -0.39 is 10.1 Å². The van der Waals surface area contributed by atoms with E-state index in [-0.39, 0.29) is 10.4 Å². The van der Waals surface area contributed by atoms with E-state index in [1.807, 2.05) is 0 Å². The minimum atomic E-state index is -4.00. The molecule has 23 heavy (non-hydrogen) atoms. The first-order chi connectivity index (χ1) is 10.5. The molecule has 1 aromatic carbocycles. The molecule has 0 spiro atoms. The third-order valence-electron chi connectivity index (χ3n) is 5.71. The van der Waals surface area contributed by atoms with Crippen molar-refractivity contribution < 1.29 is 13.0 Å². The summed E-state index contributed by atoms with van der Waals surface area (Å²) in [5.74, 6) is 0.955. The number of rotatable bonds is 1. The van der Waals surface area contributed by atoms with Gasteiger partial charge in [0.2, 0.25) is 0 Å². The lowest BCUT2D eigenvalue weighted by atomic mass is 9.43. The van der Waals surface area contributed by atoms with Gasteiger partial charge in [0.05, 0.1) is 4.90 Å². The zero-order valence-corrected chi connectivity index (χ0v) is 14.8. The monoisotopic (exact) mass is 337 g/mol. The largest absolute Gasteiger partial charge is 0.325 e. The summed E-state index contributed by atoms with van der Waals surface area (Å²) < 4.78 is 29.2. The zero-order valence-electron chi connectivity index (χ0n) is 14.0. The molecular formula is C18H27NO3S. The number of nitrogens with two attached hydrogens (primary N) is 1. The Balaban J connectivity index is 0.000000142. The fraction of sp³-hybridized carbons (Fsp3) is 0.667. The molecule has 4 nitrogen and oxygen atoms in total. The van der Waals surface area contributed by atoms with Gasteiger partial charge in [0.25, 0.3) is 10.1 Å². The van der Waals surface area contributed by atoms with Gasteiger partial charge in [-0.1, -0.05) is 32.0 Å². The topological polar surface area (TPSA) is 80.4 Å². The van der Waals surface area contributed by atoms with Gasteiger partial charge in [-0.2, -0.15) is 8.42 Å². The predicted molar refractivity (Wildman–Crippen MR) is 90.6 cm³/mol. The molecule has 5 rings (SSSR count). The van der Waals surface area contributed by atoms with Crippen LogP contribution < -0.4 is 5.73 Å². The van der Waals surface area contributed by atoms with Gasteiger partial charge in [0.1, 0.15) is 0 Å². The van der Waals surface area contributed by atoms with E-state index >= 15 is 0 Å². The van der Waals surface area contributed by atoms with E-state index in [0.717, 1.165) is 5.92 Å². The minimum Gasteiger partial charge on any atom is -0.325 e. The van der Waals surface area contributed by atoms with Gasteiger partial charge in [-0.15, -0.1) is 0 Å². The molecule has 0 saturated heterocycles. The van der Waals surface area contributed by atoms with E-state index in [0.29, 0.717) is 10.8 Å². The van der Waals surface area contributed by atoms with Crippen LogP contribution in [0.1, 0.15) is 52.4 Å². The van der Waals surface area contributed by atoms with Gasteiger partial charge < -0.3 is 5.73 Å². The molecule has 0 heterocycles. The lowest BCUT2D eigenvalue weighted by Gasteiger charge is -2.64. The Hall–Kier alpha value is -0.910. The van der Waals surface area contributed by atoms with Crippen molar-refractivity contribution in [1.82, 2.24) is 0 Å². The Morgan fingerprint density at radius 3 is 1.87 bits per heavy atom. The standard InChI is InChI=1S/C12H21N.C6H6O3S/c1-10-3-9-4-11(2,6-10)8-12(13,5-9)7-10;7-10(8,9)6-4-2-1-3-5-6/h9H,3-8,13H2,1-2H3;1-5H,(H,7,8,9). The molecule has 0 amide bonds. The van der Waals surface area contributed by atoms with Gasteiger partial charge in [-0.3, -0.25) is 4.55 Å².